The molecule has 0 heterocycles. The second-order valence-electron chi connectivity index (χ2n) is 5.82. The minimum Gasteiger partial charge on any atom is -0.316 e. The zero-order chi connectivity index (χ0) is 15.5. The monoisotopic (exact) mass is 314 g/mol. The summed E-state index contributed by atoms with van der Waals surface area (Å²) in [6.07, 6.45) is 3.31. The lowest BCUT2D eigenvalue weighted by atomic mass is 9.99. The summed E-state index contributed by atoms with van der Waals surface area (Å²) in [6, 6.07) is 4.23. The molecule has 2 N–H and O–H groups in total. The van der Waals surface area contributed by atoms with Gasteiger partial charge in [-0.3, -0.25) is 0 Å². The van der Waals surface area contributed by atoms with Gasteiger partial charge in [0.2, 0.25) is 10.0 Å². The summed E-state index contributed by atoms with van der Waals surface area (Å²) in [7, 11) is -2.02. The highest BCUT2D eigenvalue weighted by atomic mass is 32.2. The molecule has 0 bridgehead atoms. The minimum atomic E-state index is -3.78. The molecular weight excluding hydrogens is 291 g/mol. The van der Waals surface area contributed by atoms with E-state index in [0.717, 1.165) is 24.8 Å². The van der Waals surface area contributed by atoms with Crippen LogP contribution in [0.5, 0.6) is 0 Å². The van der Waals surface area contributed by atoms with Crippen LogP contribution in [-0.4, -0.2) is 22.0 Å². The summed E-state index contributed by atoms with van der Waals surface area (Å²) in [5.74, 6) is 0.177. The van der Waals surface area contributed by atoms with Crippen molar-refractivity contribution in [3.05, 3.63) is 29.6 Å². The molecule has 1 aliphatic rings. The Morgan fingerprint density at radius 2 is 2.10 bits per heavy atom. The van der Waals surface area contributed by atoms with Gasteiger partial charge >= 0.3 is 0 Å². The summed E-state index contributed by atoms with van der Waals surface area (Å²) in [5, 5.41) is 2.90. The van der Waals surface area contributed by atoms with E-state index in [2.05, 4.69) is 17.0 Å². The van der Waals surface area contributed by atoms with Gasteiger partial charge < -0.3 is 5.32 Å². The third-order valence-electron chi connectivity index (χ3n) is 4.24. The first-order chi connectivity index (χ1) is 9.94. The molecule has 1 saturated carbocycles. The van der Waals surface area contributed by atoms with Crippen LogP contribution in [-0.2, 0) is 16.6 Å². The normalized spacial score (nSPS) is 22.6. The van der Waals surface area contributed by atoms with Crippen LogP contribution in [0.3, 0.4) is 0 Å². The van der Waals surface area contributed by atoms with Crippen molar-refractivity contribution in [1.29, 1.82) is 0 Å². The zero-order valence-corrected chi connectivity index (χ0v) is 13.3. The van der Waals surface area contributed by atoms with Crippen molar-refractivity contribution < 1.29 is 12.8 Å². The lowest BCUT2D eigenvalue weighted by Gasteiger charge is -2.16. The van der Waals surface area contributed by atoms with E-state index in [9.17, 15) is 12.8 Å². The number of rotatable bonds is 6. The molecule has 6 heteroatoms. The van der Waals surface area contributed by atoms with Crippen molar-refractivity contribution in [2.75, 3.05) is 13.6 Å². The third-order valence-corrected chi connectivity index (χ3v) is 5.70. The smallest absolute Gasteiger partial charge is 0.243 e. The molecule has 1 aromatic rings. The fourth-order valence-electron chi connectivity index (χ4n) is 2.90. The van der Waals surface area contributed by atoms with Crippen molar-refractivity contribution in [3.63, 3.8) is 0 Å². The number of hydrogen-bond acceptors (Lipinski definition) is 3. The van der Waals surface area contributed by atoms with Gasteiger partial charge in [0.05, 0.1) is 0 Å². The average Bonchev–Trinajstić information content (AvgIpc) is 2.82. The van der Waals surface area contributed by atoms with E-state index in [0.29, 0.717) is 24.9 Å². The van der Waals surface area contributed by atoms with Crippen molar-refractivity contribution in [2.45, 2.75) is 37.6 Å². The summed E-state index contributed by atoms with van der Waals surface area (Å²) < 4.78 is 41.0. The lowest BCUT2D eigenvalue weighted by molar-refractivity contribution is 0.414. The predicted molar refractivity (Wildman–Crippen MR) is 80.9 cm³/mol. The van der Waals surface area contributed by atoms with Crippen LogP contribution in [0, 0.1) is 17.7 Å². The van der Waals surface area contributed by atoms with Crippen LogP contribution in [0.25, 0.3) is 0 Å². The van der Waals surface area contributed by atoms with Gasteiger partial charge in [-0.1, -0.05) is 25.8 Å². The van der Waals surface area contributed by atoms with Crippen LogP contribution in [0.15, 0.2) is 23.1 Å². The van der Waals surface area contributed by atoms with Gasteiger partial charge in [-0.05, 0) is 43.0 Å². The molecule has 2 rings (SSSR count). The van der Waals surface area contributed by atoms with Gasteiger partial charge in [-0.25, -0.2) is 17.5 Å². The maximum Gasteiger partial charge on any atom is 0.243 e. The second-order valence-corrected chi connectivity index (χ2v) is 7.55. The standard InChI is InChI=1S/C15H23FN2O2S/c1-11-4-3-5-13(11)10-18-21(19,20)15-7-6-12(9-17-2)8-14(15)16/h6-8,11,13,17-18H,3-5,9-10H2,1-2H3. The van der Waals surface area contributed by atoms with Crippen molar-refractivity contribution in [2.24, 2.45) is 11.8 Å². The Balaban J connectivity index is 2.08. The summed E-state index contributed by atoms with van der Waals surface area (Å²) in [5.41, 5.74) is 0.721. The van der Waals surface area contributed by atoms with Gasteiger partial charge in [0, 0.05) is 13.1 Å². The molecule has 21 heavy (non-hydrogen) atoms. The third kappa shape index (κ3) is 4.02. The SMILES string of the molecule is CNCc1ccc(S(=O)(=O)NCC2CCCC2C)c(F)c1. The number of nitrogens with one attached hydrogen (secondary N) is 2. The Hall–Kier alpha value is -0.980. The van der Waals surface area contributed by atoms with Crippen LogP contribution in [0.2, 0.25) is 0 Å². The topological polar surface area (TPSA) is 58.2 Å². The first-order valence-electron chi connectivity index (χ1n) is 7.36. The van der Waals surface area contributed by atoms with E-state index >= 15 is 0 Å². The molecule has 4 nitrogen and oxygen atoms in total. The molecule has 2 unspecified atom stereocenters. The first-order valence-corrected chi connectivity index (χ1v) is 8.85. The number of hydrogen-bond donors (Lipinski definition) is 2. The molecule has 0 amide bonds. The van der Waals surface area contributed by atoms with Crippen LogP contribution in [0.4, 0.5) is 4.39 Å². The number of halogens is 1. The molecule has 118 valence electrons. The Morgan fingerprint density at radius 1 is 1.33 bits per heavy atom. The van der Waals surface area contributed by atoms with Crippen molar-refractivity contribution in [3.8, 4) is 0 Å². The Bertz CT molecular complexity index is 589. The predicted octanol–water partition coefficient (Wildman–Crippen LogP) is 2.26. The highest BCUT2D eigenvalue weighted by Crippen LogP contribution is 2.30. The molecule has 1 fully saturated rings. The molecule has 2 atom stereocenters. The Morgan fingerprint density at radius 3 is 2.67 bits per heavy atom. The van der Waals surface area contributed by atoms with E-state index in [-0.39, 0.29) is 4.90 Å². The quantitative estimate of drug-likeness (QED) is 0.847. The first kappa shape index (κ1) is 16.4. The Labute approximate surface area is 126 Å². The number of sulfonamides is 1. The highest BCUT2D eigenvalue weighted by molar-refractivity contribution is 7.89. The van der Waals surface area contributed by atoms with Gasteiger partial charge in [-0.15, -0.1) is 0 Å². The molecule has 0 aromatic heterocycles. The molecule has 1 aliphatic carbocycles. The number of benzene rings is 1. The van der Waals surface area contributed by atoms with Gasteiger partial charge in [-0.2, -0.15) is 0 Å². The average molecular weight is 314 g/mol. The summed E-state index contributed by atoms with van der Waals surface area (Å²) in [6.45, 7) is 3.03. The summed E-state index contributed by atoms with van der Waals surface area (Å²) in [4.78, 5) is -0.270. The maximum absolute atomic E-state index is 14.0. The van der Waals surface area contributed by atoms with Gasteiger partial charge in [0.15, 0.2) is 0 Å². The van der Waals surface area contributed by atoms with Crippen molar-refractivity contribution >= 4 is 10.0 Å². The highest BCUT2D eigenvalue weighted by Gasteiger charge is 2.26. The van der Waals surface area contributed by atoms with Gasteiger partial charge in [0.1, 0.15) is 10.7 Å². The van der Waals surface area contributed by atoms with Gasteiger partial charge in [0.25, 0.3) is 0 Å². The molecule has 0 spiro atoms. The molecule has 0 aliphatic heterocycles. The van der Waals surface area contributed by atoms with E-state index in [4.69, 9.17) is 0 Å². The zero-order valence-electron chi connectivity index (χ0n) is 12.5. The lowest BCUT2D eigenvalue weighted by Crippen LogP contribution is -2.31. The molecular formula is C15H23FN2O2S. The Kier molecular flexibility index (Phi) is 5.35. The maximum atomic E-state index is 14.0. The minimum absolute atomic E-state index is 0.270. The van der Waals surface area contributed by atoms with E-state index in [1.165, 1.54) is 12.1 Å². The second kappa shape index (κ2) is 6.85. The fourth-order valence-corrected chi connectivity index (χ4v) is 4.05. The van der Waals surface area contributed by atoms with E-state index < -0.39 is 15.8 Å². The van der Waals surface area contributed by atoms with E-state index in [1.54, 1.807) is 13.1 Å². The molecule has 0 saturated heterocycles. The van der Waals surface area contributed by atoms with Crippen molar-refractivity contribution in [1.82, 2.24) is 10.0 Å². The molecule has 1 aromatic carbocycles. The molecule has 0 radical (unpaired) electrons. The van der Waals surface area contributed by atoms with Crippen LogP contribution >= 0.6 is 0 Å². The largest absolute Gasteiger partial charge is 0.316 e. The fraction of sp³-hybridized carbons (Fsp3) is 0.600. The van der Waals surface area contributed by atoms with E-state index in [1.807, 2.05) is 0 Å². The van der Waals surface area contributed by atoms with Crippen LogP contribution in [0.1, 0.15) is 31.7 Å². The summed E-state index contributed by atoms with van der Waals surface area (Å²) >= 11 is 0. The van der Waals surface area contributed by atoms with Crippen LogP contribution < -0.4 is 10.0 Å².